The summed E-state index contributed by atoms with van der Waals surface area (Å²) in [5, 5.41) is 9.13. The van der Waals surface area contributed by atoms with Crippen molar-refractivity contribution in [1.82, 2.24) is 20.6 Å². The first-order valence-electron chi connectivity index (χ1n) is 6.26. The van der Waals surface area contributed by atoms with Crippen LogP contribution in [-0.4, -0.2) is 28.3 Å². The van der Waals surface area contributed by atoms with Crippen molar-refractivity contribution in [2.75, 3.05) is 6.54 Å². The summed E-state index contributed by atoms with van der Waals surface area (Å²) in [5.41, 5.74) is 0.624. The number of amides is 2. The Balaban J connectivity index is 1.69. The number of hydrogen-bond acceptors (Lipinski definition) is 4. The number of nitrogens with zero attached hydrogens (tertiary/aromatic N) is 1. The maximum absolute atomic E-state index is 11.7. The van der Waals surface area contributed by atoms with Crippen molar-refractivity contribution in [3.05, 3.63) is 40.6 Å². The van der Waals surface area contributed by atoms with E-state index in [2.05, 4.69) is 20.6 Å². The van der Waals surface area contributed by atoms with Crippen LogP contribution in [0.25, 0.3) is 0 Å². The topological polar surface area (TPSA) is 86.9 Å². The summed E-state index contributed by atoms with van der Waals surface area (Å²) in [6.07, 6.45) is 3.58. The van der Waals surface area contributed by atoms with Crippen LogP contribution in [0.4, 0.5) is 0 Å². The minimum Gasteiger partial charge on any atom is -0.351 e. The Hall–Kier alpha value is -2.15. The van der Waals surface area contributed by atoms with Crippen LogP contribution in [0.15, 0.2) is 29.2 Å². The summed E-state index contributed by atoms with van der Waals surface area (Å²) in [6, 6.07) is 1.57. The molecule has 1 atom stereocenters. The lowest BCUT2D eigenvalue weighted by atomic mass is 10.3. The Morgan fingerprint density at radius 2 is 2.35 bits per heavy atom. The number of thiophene rings is 1. The molecule has 2 heterocycles. The number of rotatable bonds is 6. The molecular formula is C13H16N4O2S. The minimum absolute atomic E-state index is 0.125. The largest absolute Gasteiger partial charge is 0.351 e. The fraction of sp³-hybridized carbons (Fsp3) is 0.308. The van der Waals surface area contributed by atoms with Crippen molar-refractivity contribution in [2.24, 2.45) is 0 Å². The molecule has 3 N–H and O–H groups in total. The van der Waals surface area contributed by atoms with Gasteiger partial charge in [0.05, 0.1) is 6.04 Å². The Morgan fingerprint density at radius 1 is 1.50 bits per heavy atom. The molecule has 0 radical (unpaired) electrons. The first kappa shape index (κ1) is 14.3. The van der Waals surface area contributed by atoms with E-state index in [4.69, 9.17) is 0 Å². The predicted molar refractivity (Wildman–Crippen MR) is 76.4 cm³/mol. The van der Waals surface area contributed by atoms with E-state index in [1.165, 1.54) is 11.3 Å². The highest BCUT2D eigenvalue weighted by molar-refractivity contribution is 7.08. The highest BCUT2D eigenvalue weighted by Crippen LogP contribution is 2.06. The molecule has 0 saturated heterocycles. The summed E-state index contributed by atoms with van der Waals surface area (Å²) in [6.45, 7) is 2.16. The van der Waals surface area contributed by atoms with E-state index < -0.39 is 0 Å². The smallest absolute Gasteiger partial charge is 0.252 e. The molecule has 0 aliphatic heterocycles. The van der Waals surface area contributed by atoms with Gasteiger partial charge in [-0.15, -0.1) is 0 Å². The van der Waals surface area contributed by atoms with Gasteiger partial charge in [0.2, 0.25) is 5.91 Å². The van der Waals surface area contributed by atoms with Crippen LogP contribution < -0.4 is 10.6 Å². The zero-order valence-electron chi connectivity index (χ0n) is 11.1. The third-order valence-corrected chi connectivity index (χ3v) is 3.41. The lowest BCUT2D eigenvalue weighted by Gasteiger charge is -2.11. The third kappa shape index (κ3) is 3.92. The van der Waals surface area contributed by atoms with Crippen molar-refractivity contribution in [1.29, 1.82) is 0 Å². The average Bonchev–Trinajstić information content (AvgIpc) is 3.12. The minimum atomic E-state index is -0.176. The number of hydrogen-bond donors (Lipinski definition) is 3. The molecule has 2 aromatic heterocycles. The van der Waals surface area contributed by atoms with Crippen LogP contribution >= 0.6 is 11.3 Å². The lowest BCUT2D eigenvalue weighted by molar-refractivity contribution is -0.121. The van der Waals surface area contributed by atoms with Crippen LogP contribution in [-0.2, 0) is 4.79 Å². The van der Waals surface area contributed by atoms with Gasteiger partial charge in [-0.2, -0.15) is 11.3 Å². The molecule has 0 aromatic carbocycles. The number of nitrogens with one attached hydrogen (secondary N) is 3. The van der Waals surface area contributed by atoms with Gasteiger partial charge < -0.3 is 15.6 Å². The van der Waals surface area contributed by atoms with E-state index >= 15 is 0 Å². The van der Waals surface area contributed by atoms with Crippen molar-refractivity contribution in [2.45, 2.75) is 19.4 Å². The molecule has 2 aromatic rings. The van der Waals surface area contributed by atoms with Gasteiger partial charge in [-0.1, -0.05) is 0 Å². The molecule has 20 heavy (non-hydrogen) atoms. The van der Waals surface area contributed by atoms with E-state index in [1.807, 2.05) is 12.3 Å². The molecule has 7 heteroatoms. The molecule has 0 spiro atoms. The zero-order valence-corrected chi connectivity index (χ0v) is 11.9. The molecule has 1 unspecified atom stereocenters. The average molecular weight is 292 g/mol. The highest BCUT2D eigenvalue weighted by Gasteiger charge is 2.11. The summed E-state index contributed by atoms with van der Waals surface area (Å²) < 4.78 is 0. The van der Waals surface area contributed by atoms with Gasteiger partial charge in [0.1, 0.15) is 5.82 Å². The molecule has 2 amide bonds. The fourth-order valence-electron chi connectivity index (χ4n) is 1.68. The number of carbonyl (C=O) groups is 2. The standard InChI is InChI=1S/C13H16N4O2S/c1-9(12-14-5-6-15-12)17-11(18)2-4-16-13(19)10-3-7-20-8-10/h3,5-9H,2,4H2,1H3,(H,14,15)(H,16,19)(H,17,18). The monoisotopic (exact) mass is 292 g/mol. The molecule has 0 saturated carbocycles. The van der Waals surface area contributed by atoms with Gasteiger partial charge in [-0.05, 0) is 18.4 Å². The predicted octanol–water partition coefficient (Wildman–Crippen LogP) is 1.47. The van der Waals surface area contributed by atoms with Gasteiger partial charge >= 0.3 is 0 Å². The Labute approximate surface area is 120 Å². The Morgan fingerprint density at radius 3 is 3.00 bits per heavy atom. The second-order valence-electron chi connectivity index (χ2n) is 4.28. The molecule has 0 aliphatic carbocycles. The highest BCUT2D eigenvalue weighted by atomic mass is 32.1. The number of aromatic nitrogens is 2. The van der Waals surface area contributed by atoms with Crippen molar-refractivity contribution >= 4 is 23.2 Å². The molecule has 106 valence electrons. The van der Waals surface area contributed by atoms with Crippen molar-refractivity contribution in [3.8, 4) is 0 Å². The second-order valence-corrected chi connectivity index (χ2v) is 5.06. The number of carbonyl (C=O) groups excluding carboxylic acids is 2. The molecule has 6 nitrogen and oxygen atoms in total. The molecule has 2 rings (SSSR count). The van der Waals surface area contributed by atoms with E-state index in [9.17, 15) is 9.59 Å². The van der Waals surface area contributed by atoms with Crippen LogP contribution in [0.3, 0.4) is 0 Å². The first-order valence-corrected chi connectivity index (χ1v) is 7.20. The molecule has 0 aliphatic rings. The lowest BCUT2D eigenvalue weighted by Crippen LogP contribution is -2.32. The van der Waals surface area contributed by atoms with Gasteiger partial charge in [0, 0.05) is 36.3 Å². The number of H-pyrrole nitrogens is 1. The maximum atomic E-state index is 11.7. The van der Waals surface area contributed by atoms with Crippen LogP contribution in [0.1, 0.15) is 35.6 Å². The fourth-order valence-corrected chi connectivity index (χ4v) is 2.32. The van der Waals surface area contributed by atoms with Gasteiger partial charge in [-0.3, -0.25) is 9.59 Å². The summed E-state index contributed by atoms with van der Waals surface area (Å²) in [5.74, 6) is 0.429. The first-order chi connectivity index (χ1) is 9.66. The quantitative estimate of drug-likeness (QED) is 0.753. The maximum Gasteiger partial charge on any atom is 0.252 e. The Bertz CT molecular complexity index is 551. The summed E-state index contributed by atoms with van der Waals surface area (Å²) >= 11 is 1.46. The van der Waals surface area contributed by atoms with Crippen LogP contribution in [0, 0.1) is 0 Å². The van der Waals surface area contributed by atoms with E-state index in [0.717, 1.165) is 0 Å². The summed E-state index contributed by atoms with van der Waals surface area (Å²) in [4.78, 5) is 30.4. The SMILES string of the molecule is CC(NC(=O)CCNC(=O)c1ccsc1)c1ncc[nH]1. The van der Waals surface area contributed by atoms with E-state index in [-0.39, 0.29) is 24.3 Å². The van der Waals surface area contributed by atoms with Crippen LogP contribution in [0.2, 0.25) is 0 Å². The Kier molecular flexibility index (Phi) is 4.89. The second kappa shape index (κ2) is 6.85. The van der Waals surface area contributed by atoms with Crippen molar-refractivity contribution in [3.63, 3.8) is 0 Å². The number of aromatic amines is 1. The van der Waals surface area contributed by atoms with Gasteiger partial charge in [0.15, 0.2) is 0 Å². The molecule has 0 fully saturated rings. The zero-order chi connectivity index (χ0) is 14.4. The normalized spacial score (nSPS) is 11.8. The molecule has 0 bridgehead atoms. The summed E-state index contributed by atoms with van der Waals surface area (Å²) in [7, 11) is 0. The third-order valence-electron chi connectivity index (χ3n) is 2.73. The van der Waals surface area contributed by atoms with Crippen LogP contribution in [0.5, 0.6) is 0 Å². The number of imidazole rings is 1. The van der Waals surface area contributed by atoms with E-state index in [0.29, 0.717) is 17.9 Å². The van der Waals surface area contributed by atoms with E-state index in [1.54, 1.807) is 23.8 Å². The van der Waals surface area contributed by atoms with Gasteiger partial charge in [-0.25, -0.2) is 4.98 Å². The molecular weight excluding hydrogens is 276 g/mol. The van der Waals surface area contributed by atoms with Crippen molar-refractivity contribution < 1.29 is 9.59 Å². The van der Waals surface area contributed by atoms with Gasteiger partial charge in [0.25, 0.3) is 5.91 Å².